The highest BCUT2D eigenvalue weighted by atomic mass is 16.6. The van der Waals surface area contributed by atoms with Crippen molar-refractivity contribution in [1.29, 1.82) is 0 Å². The number of nitro groups is 1. The summed E-state index contributed by atoms with van der Waals surface area (Å²) < 4.78 is 5.10. The number of aryl methyl sites for hydroxylation is 1. The molecule has 0 radical (unpaired) electrons. The van der Waals surface area contributed by atoms with Gasteiger partial charge in [0.15, 0.2) is 6.10 Å². The third-order valence-corrected chi connectivity index (χ3v) is 3.85. The Balaban J connectivity index is 1.89. The molecule has 2 aromatic rings. The first-order valence-electron chi connectivity index (χ1n) is 8.16. The lowest BCUT2D eigenvalue weighted by molar-refractivity contribution is -0.385. The highest BCUT2D eigenvalue weighted by molar-refractivity contribution is 5.92. The summed E-state index contributed by atoms with van der Waals surface area (Å²) in [5.41, 5.74) is 1.40. The van der Waals surface area contributed by atoms with Crippen molar-refractivity contribution in [3.05, 3.63) is 75.3 Å². The second kappa shape index (κ2) is 8.75. The first-order chi connectivity index (χ1) is 12.4. The second-order valence-corrected chi connectivity index (χ2v) is 5.83. The van der Waals surface area contributed by atoms with Gasteiger partial charge in [0.05, 0.1) is 10.5 Å². The van der Waals surface area contributed by atoms with Gasteiger partial charge >= 0.3 is 5.97 Å². The summed E-state index contributed by atoms with van der Waals surface area (Å²) in [6, 6.07) is 13.7. The molecule has 0 fully saturated rings. The minimum absolute atomic E-state index is 0.0336. The maximum Gasteiger partial charge on any atom is 0.339 e. The number of esters is 1. The lowest BCUT2D eigenvalue weighted by atomic mass is 10.1. The molecule has 2 aromatic carbocycles. The van der Waals surface area contributed by atoms with Crippen molar-refractivity contribution in [3.63, 3.8) is 0 Å². The van der Waals surface area contributed by atoms with Crippen molar-refractivity contribution >= 4 is 17.6 Å². The molecule has 1 N–H and O–H groups in total. The van der Waals surface area contributed by atoms with E-state index in [4.69, 9.17) is 4.74 Å². The van der Waals surface area contributed by atoms with E-state index in [0.29, 0.717) is 18.5 Å². The number of hydrogen-bond acceptors (Lipinski definition) is 5. The van der Waals surface area contributed by atoms with Gasteiger partial charge in [-0.05, 0) is 31.9 Å². The summed E-state index contributed by atoms with van der Waals surface area (Å²) in [4.78, 5) is 34.5. The van der Waals surface area contributed by atoms with Crippen LogP contribution in [0.4, 0.5) is 5.69 Å². The Kier molecular flexibility index (Phi) is 6.43. The molecule has 0 aliphatic rings. The number of nitrogens with zero attached hydrogens (tertiary/aromatic N) is 1. The highest BCUT2D eigenvalue weighted by Gasteiger charge is 2.21. The largest absolute Gasteiger partial charge is 0.449 e. The van der Waals surface area contributed by atoms with Gasteiger partial charge < -0.3 is 10.1 Å². The molecule has 136 valence electrons. The van der Waals surface area contributed by atoms with Crippen LogP contribution in [0.2, 0.25) is 0 Å². The topological polar surface area (TPSA) is 98.5 Å². The molecule has 0 spiro atoms. The van der Waals surface area contributed by atoms with E-state index in [0.717, 1.165) is 11.6 Å². The van der Waals surface area contributed by atoms with Crippen LogP contribution >= 0.6 is 0 Å². The van der Waals surface area contributed by atoms with Crippen LogP contribution in [0.1, 0.15) is 28.4 Å². The molecule has 0 aromatic heterocycles. The van der Waals surface area contributed by atoms with E-state index in [-0.39, 0.29) is 11.3 Å². The van der Waals surface area contributed by atoms with E-state index in [1.54, 1.807) is 6.92 Å². The Labute approximate surface area is 151 Å². The third-order valence-electron chi connectivity index (χ3n) is 3.85. The zero-order valence-corrected chi connectivity index (χ0v) is 14.6. The van der Waals surface area contributed by atoms with E-state index >= 15 is 0 Å². The quantitative estimate of drug-likeness (QED) is 0.467. The van der Waals surface area contributed by atoms with E-state index in [9.17, 15) is 19.7 Å². The number of nitrogens with one attached hydrogen (secondary N) is 1. The molecule has 1 amide bonds. The van der Waals surface area contributed by atoms with Crippen molar-refractivity contribution in [3.8, 4) is 0 Å². The maximum absolute atomic E-state index is 12.1. The molecule has 0 aliphatic heterocycles. The molecular formula is C19H20N2O5. The Morgan fingerprint density at radius 2 is 1.88 bits per heavy atom. The van der Waals surface area contributed by atoms with Crippen molar-refractivity contribution in [2.45, 2.75) is 26.4 Å². The number of ether oxygens (including phenoxy) is 1. The van der Waals surface area contributed by atoms with Gasteiger partial charge in [0.25, 0.3) is 11.6 Å². The average Bonchev–Trinajstić information content (AvgIpc) is 2.62. The Morgan fingerprint density at radius 3 is 2.54 bits per heavy atom. The number of hydrogen-bond donors (Lipinski definition) is 1. The molecule has 0 aliphatic carbocycles. The number of nitro benzene ring substituents is 1. The van der Waals surface area contributed by atoms with Crippen LogP contribution in [0.15, 0.2) is 48.5 Å². The fraction of sp³-hybridized carbons (Fsp3) is 0.263. The predicted octanol–water partition coefficient (Wildman–Crippen LogP) is 2.81. The molecule has 7 nitrogen and oxygen atoms in total. The van der Waals surface area contributed by atoms with Gasteiger partial charge in [-0.15, -0.1) is 0 Å². The van der Waals surface area contributed by atoms with Crippen molar-refractivity contribution in [2.24, 2.45) is 0 Å². The molecule has 26 heavy (non-hydrogen) atoms. The molecule has 2 rings (SSSR count). The normalized spacial score (nSPS) is 11.5. The molecular weight excluding hydrogens is 336 g/mol. The predicted molar refractivity (Wildman–Crippen MR) is 95.9 cm³/mol. The Bertz CT molecular complexity index is 805. The minimum Gasteiger partial charge on any atom is -0.449 e. The van der Waals surface area contributed by atoms with Crippen LogP contribution in [-0.2, 0) is 16.0 Å². The Morgan fingerprint density at radius 1 is 1.19 bits per heavy atom. The monoisotopic (exact) mass is 356 g/mol. The number of carbonyl (C=O) groups excluding carboxylic acids is 2. The summed E-state index contributed by atoms with van der Waals surface area (Å²) in [5, 5.41) is 13.7. The lowest BCUT2D eigenvalue weighted by Gasteiger charge is -2.13. The molecule has 0 saturated carbocycles. The summed E-state index contributed by atoms with van der Waals surface area (Å²) in [7, 11) is 0. The van der Waals surface area contributed by atoms with Gasteiger partial charge in [0.1, 0.15) is 0 Å². The number of rotatable bonds is 7. The summed E-state index contributed by atoms with van der Waals surface area (Å²) in [5.74, 6) is -1.20. The standard InChI is InChI=1S/C19H20N2O5/c1-13-8-9-16(12-17(13)21(24)25)19(23)26-14(2)18(22)20-11-10-15-6-4-3-5-7-15/h3-9,12,14H,10-11H2,1-2H3,(H,20,22)/t14-/m1/s1. The first-order valence-corrected chi connectivity index (χ1v) is 8.16. The van der Waals surface area contributed by atoms with E-state index in [2.05, 4.69) is 5.32 Å². The molecule has 0 heterocycles. The van der Waals surface area contributed by atoms with Crippen molar-refractivity contribution < 1.29 is 19.2 Å². The number of benzene rings is 2. The zero-order chi connectivity index (χ0) is 19.1. The van der Waals surface area contributed by atoms with E-state index < -0.39 is 22.9 Å². The van der Waals surface area contributed by atoms with Gasteiger partial charge in [-0.2, -0.15) is 0 Å². The van der Waals surface area contributed by atoms with Crippen LogP contribution in [0.5, 0.6) is 0 Å². The number of carbonyl (C=O) groups is 2. The maximum atomic E-state index is 12.1. The molecule has 0 saturated heterocycles. The van der Waals surface area contributed by atoms with Crippen molar-refractivity contribution in [1.82, 2.24) is 5.32 Å². The zero-order valence-electron chi connectivity index (χ0n) is 14.6. The van der Waals surface area contributed by atoms with Crippen LogP contribution < -0.4 is 5.32 Å². The van der Waals surface area contributed by atoms with Crippen LogP contribution in [0, 0.1) is 17.0 Å². The van der Waals surface area contributed by atoms with Gasteiger partial charge in [0.2, 0.25) is 0 Å². The third kappa shape index (κ3) is 5.14. The van der Waals surface area contributed by atoms with Crippen molar-refractivity contribution in [2.75, 3.05) is 6.54 Å². The lowest BCUT2D eigenvalue weighted by Crippen LogP contribution is -2.36. The fourth-order valence-electron chi connectivity index (χ4n) is 2.33. The molecule has 7 heteroatoms. The summed E-state index contributed by atoms with van der Waals surface area (Å²) >= 11 is 0. The van der Waals surface area contributed by atoms with Gasteiger partial charge in [-0.25, -0.2) is 4.79 Å². The fourth-order valence-corrected chi connectivity index (χ4v) is 2.33. The highest BCUT2D eigenvalue weighted by Crippen LogP contribution is 2.20. The Hall–Kier alpha value is -3.22. The van der Waals surface area contributed by atoms with Crippen LogP contribution in [0.25, 0.3) is 0 Å². The summed E-state index contributed by atoms with van der Waals surface area (Å²) in [6.45, 7) is 3.45. The second-order valence-electron chi connectivity index (χ2n) is 5.83. The first kappa shape index (κ1) is 19.1. The average molecular weight is 356 g/mol. The van der Waals surface area contributed by atoms with Gasteiger partial charge in [0, 0.05) is 18.2 Å². The van der Waals surface area contributed by atoms with Gasteiger partial charge in [-0.1, -0.05) is 36.4 Å². The summed E-state index contributed by atoms with van der Waals surface area (Å²) in [6.07, 6.45) is -0.337. The molecule has 1 atom stereocenters. The van der Waals surface area contributed by atoms with Crippen LogP contribution in [0.3, 0.4) is 0 Å². The molecule has 0 unspecified atom stereocenters. The minimum atomic E-state index is -1.00. The smallest absolute Gasteiger partial charge is 0.339 e. The number of amides is 1. The van der Waals surface area contributed by atoms with Crippen LogP contribution in [-0.4, -0.2) is 29.4 Å². The van der Waals surface area contributed by atoms with E-state index in [1.165, 1.54) is 19.1 Å². The van der Waals surface area contributed by atoms with Gasteiger partial charge in [-0.3, -0.25) is 14.9 Å². The molecule has 0 bridgehead atoms. The van der Waals surface area contributed by atoms with E-state index in [1.807, 2.05) is 30.3 Å². The SMILES string of the molecule is Cc1ccc(C(=O)O[C@H](C)C(=O)NCCc2ccccc2)cc1[N+](=O)[O-].